The minimum Gasteiger partial charge on any atom is -0.480 e. The maximum Gasteiger partial charge on any atom is 0.407 e. The third-order valence-electron chi connectivity index (χ3n) is 7.47. The van der Waals surface area contributed by atoms with Crippen LogP contribution in [-0.2, 0) is 14.3 Å². The van der Waals surface area contributed by atoms with Crippen molar-refractivity contribution in [3.8, 4) is 11.1 Å². The van der Waals surface area contributed by atoms with Gasteiger partial charge < -0.3 is 20.1 Å². The van der Waals surface area contributed by atoms with Gasteiger partial charge >= 0.3 is 12.1 Å². The van der Waals surface area contributed by atoms with E-state index in [-0.39, 0.29) is 30.4 Å². The van der Waals surface area contributed by atoms with Gasteiger partial charge in [-0.3, -0.25) is 4.79 Å². The molecular weight excluding hydrogens is 432 g/mol. The van der Waals surface area contributed by atoms with Gasteiger partial charge in [-0.25, -0.2) is 9.59 Å². The SMILES string of the molecule is O=C(NC1CC(CC(=O)N2CCCC[C@H]2C(=O)O)C1)OCC1c2ccccc2-c2ccccc21. The van der Waals surface area contributed by atoms with Gasteiger partial charge in [0, 0.05) is 24.9 Å². The second-order valence-corrected chi connectivity index (χ2v) is 9.65. The number of benzene rings is 2. The Kier molecular flexibility index (Phi) is 6.26. The van der Waals surface area contributed by atoms with Crippen LogP contribution in [0.2, 0.25) is 0 Å². The fourth-order valence-electron chi connectivity index (χ4n) is 5.68. The molecule has 0 spiro atoms. The van der Waals surface area contributed by atoms with E-state index < -0.39 is 18.1 Å². The van der Waals surface area contributed by atoms with Crippen LogP contribution in [0.15, 0.2) is 48.5 Å². The number of amides is 2. The molecule has 0 bridgehead atoms. The summed E-state index contributed by atoms with van der Waals surface area (Å²) in [6.45, 7) is 0.796. The zero-order chi connectivity index (χ0) is 23.7. The molecule has 1 saturated heterocycles. The zero-order valence-corrected chi connectivity index (χ0v) is 19.1. The number of ether oxygens (including phenoxy) is 1. The highest BCUT2D eigenvalue weighted by molar-refractivity contribution is 5.84. The summed E-state index contributed by atoms with van der Waals surface area (Å²) in [6, 6.07) is 15.7. The average Bonchev–Trinajstić information content (AvgIpc) is 3.15. The van der Waals surface area contributed by atoms with Crippen LogP contribution >= 0.6 is 0 Å². The van der Waals surface area contributed by atoms with Crippen LogP contribution in [0.4, 0.5) is 4.79 Å². The molecule has 2 fully saturated rings. The zero-order valence-electron chi connectivity index (χ0n) is 19.1. The van der Waals surface area contributed by atoms with E-state index in [1.165, 1.54) is 27.2 Å². The molecule has 7 nitrogen and oxygen atoms in total. The lowest BCUT2D eigenvalue weighted by molar-refractivity contribution is -0.152. The summed E-state index contributed by atoms with van der Waals surface area (Å²) in [5, 5.41) is 12.3. The number of nitrogens with one attached hydrogen (secondary N) is 1. The molecule has 1 saturated carbocycles. The van der Waals surface area contributed by atoms with Gasteiger partial charge in [0.2, 0.25) is 5.91 Å². The van der Waals surface area contributed by atoms with Crippen molar-refractivity contribution >= 4 is 18.0 Å². The number of carbonyl (C=O) groups excluding carboxylic acids is 2. The molecule has 2 N–H and O–H groups in total. The summed E-state index contributed by atoms with van der Waals surface area (Å²) in [4.78, 5) is 38.1. The van der Waals surface area contributed by atoms with E-state index in [0.717, 1.165) is 12.8 Å². The van der Waals surface area contributed by atoms with E-state index in [0.29, 0.717) is 32.2 Å². The summed E-state index contributed by atoms with van der Waals surface area (Å²) in [7, 11) is 0. The minimum absolute atomic E-state index is 0.00919. The van der Waals surface area contributed by atoms with Crippen molar-refractivity contribution in [1.82, 2.24) is 10.2 Å². The van der Waals surface area contributed by atoms with Crippen LogP contribution in [0.1, 0.15) is 55.6 Å². The molecule has 1 atom stereocenters. The molecule has 0 radical (unpaired) electrons. The lowest BCUT2D eigenvalue weighted by Gasteiger charge is -2.38. The normalized spacial score (nSPS) is 23.4. The highest BCUT2D eigenvalue weighted by atomic mass is 16.5. The number of rotatable bonds is 6. The van der Waals surface area contributed by atoms with Gasteiger partial charge in [0.15, 0.2) is 0 Å². The van der Waals surface area contributed by atoms with Crippen LogP contribution in [0.25, 0.3) is 11.1 Å². The molecule has 34 heavy (non-hydrogen) atoms. The van der Waals surface area contributed by atoms with Crippen molar-refractivity contribution in [2.75, 3.05) is 13.2 Å². The van der Waals surface area contributed by atoms with Crippen LogP contribution in [0.3, 0.4) is 0 Å². The molecule has 178 valence electrons. The van der Waals surface area contributed by atoms with E-state index in [2.05, 4.69) is 29.6 Å². The average molecular weight is 463 g/mol. The topological polar surface area (TPSA) is 95.9 Å². The molecule has 5 rings (SSSR count). The van der Waals surface area contributed by atoms with Gasteiger partial charge in [-0.15, -0.1) is 0 Å². The number of alkyl carbamates (subject to hydrolysis) is 1. The van der Waals surface area contributed by atoms with Crippen LogP contribution < -0.4 is 5.32 Å². The van der Waals surface area contributed by atoms with Gasteiger partial charge in [-0.1, -0.05) is 48.5 Å². The fraction of sp³-hybridized carbons (Fsp3) is 0.444. The first-order valence-corrected chi connectivity index (χ1v) is 12.1. The molecule has 1 heterocycles. The van der Waals surface area contributed by atoms with Crippen LogP contribution in [-0.4, -0.2) is 53.2 Å². The van der Waals surface area contributed by atoms with Crippen molar-refractivity contribution < 1.29 is 24.2 Å². The van der Waals surface area contributed by atoms with Crippen molar-refractivity contribution in [3.63, 3.8) is 0 Å². The maximum atomic E-state index is 12.6. The van der Waals surface area contributed by atoms with Crippen molar-refractivity contribution in [2.24, 2.45) is 5.92 Å². The summed E-state index contributed by atoms with van der Waals surface area (Å²) < 4.78 is 5.61. The molecule has 3 aliphatic rings. The number of fused-ring (bicyclic) bond motifs is 3. The van der Waals surface area contributed by atoms with Gasteiger partial charge in [0.25, 0.3) is 0 Å². The standard InChI is InChI=1S/C27H30N2O5/c30-25(29-12-6-5-11-24(29)26(31)32)15-17-13-18(14-17)28-27(33)34-16-23-21-9-3-1-7-19(21)20-8-2-4-10-22(20)23/h1-4,7-10,17-18,23-24H,5-6,11-16H2,(H,28,33)(H,31,32)/t17?,18?,24-/m0/s1. The Bertz CT molecular complexity index is 1050. The second-order valence-electron chi connectivity index (χ2n) is 9.65. The van der Waals surface area contributed by atoms with Crippen LogP contribution in [0, 0.1) is 5.92 Å². The van der Waals surface area contributed by atoms with Crippen molar-refractivity contribution in [3.05, 3.63) is 59.7 Å². The predicted molar refractivity (Wildman–Crippen MR) is 126 cm³/mol. The van der Waals surface area contributed by atoms with Gasteiger partial charge in [-0.05, 0) is 60.3 Å². The number of hydrogen-bond acceptors (Lipinski definition) is 4. The lowest BCUT2D eigenvalue weighted by Crippen LogP contribution is -2.50. The second kappa shape index (κ2) is 9.49. The quantitative estimate of drug-likeness (QED) is 0.672. The van der Waals surface area contributed by atoms with Gasteiger partial charge in [-0.2, -0.15) is 0 Å². The molecule has 2 amide bonds. The smallest absolute Gasteiger partial charge is 0.407 e. The molecule has 7 heteroatoms. The van der Waals surface area contributed by atoms with E-state index in [1.54, 1.807) is 0 Å². The molecule has 2 aromatic carbocycles. The number of carbonyl (C=O) groups is 3. The Morgan fingerprint density at radius 3 is 2.26 bits per heavy atom. The highest BCUT2D eigenvalue weighted by Gasteiger charge is 2.37. The van der Waals surface area contributed by atoms with E-state index in [9.17, 15) is 19.5 Å². The molecule has 0 aromatic heterocycles. The fourth-order valence-corrected chi connectivity index (χ4v) is 5.68. The minimum atomic E-state index is -0.920. The predicted octanol–water partition coefficient (Wildman–Crippen LogP) is 4.16. The Morgan fingerprint density at radius 1 is 0.971 bits per heavy atom. The molecule has 0 unspecified atom stereocenters. The monoisotopic (exact) mass is 462 g/mol. The van der Waals surface area contributed by atoms with E-state index >= 15 is 0 Å². The number of aliphatic carboxylic acids is 1. The number of hydrogen-bond donors (Lipinski definition) is 2. The largest absolute Gasteiger partial charge is 0.480 e. The Morgan fingerprint density at radius 2 is 1.62 bits per heavy atom. The summed E-state index contributed by atoms with van der Waals surface area (Å²) in [6.07, 6.45) is 3.55. The molecule has 1 aliphatic heterocycles. The number of likely N-dealkylation sites (tertiary alicyclic amines) is 1. The molecule has 2 aliphatic carbocycles. The third-order valence-corrected chi connectivity index (χ3v) is 7.47. The Hall–Kier alpha value is -3.35. The highest BCUT2D eigenvalue weighted by Crippen LogP contribution is 2.44. The lowest BCUT2D eigenvalue weighted by atomic mass is 9.78. The molecule has 2 aromatic rings. The Balaban J connectivity index is 1.09. The van der Waals surface area contributed by atoms with Gasteiger partial charge in [0.05, 0.1) is 0 Å². The number of nitrogens with zero attached hydrogens (tertiary/aromatic N) is 1. The number of carboxylic acid groups (broad SMARTS) is 1. The number of carboxylic acids is 1. The van der Waals surface area contributed by atoms with Crippen LogP contribution in [0.5, 0.6) is 0 Å². The van der Waals surface area contributed by atoms with Crippen molar-refractivity contribution in [2.45, 2.75) is 56.5 Å². The van der Waals surface area contributed by atoms with E-state index in [4.69, 9.17) is 4.74 Å². The first kappa shape index (κ1) is 22.4. The third kappa shape index (κ3) is 4.39. The first-order chi connectivity index (χ1) is 16.5. The summed E-state index contributed by atoms with van der Waals surface area (Å²) >= 11 is 0. The summed E-state index contributed by atoms with van der Waals surface area (Å²) in [5.41, 5.74) is 4.74. The van der Waals surface area contributed by atoms with E-state index in [1.807, 2.05) is 24.3 Å². The van der Waals surface area contributed by atoms with Crippen molar-refractivity contribution in [1.29, 1.82) is 0 Å². The maximum absolute atomic E-state index is 12.6. The summed E-state index contributed by atoms with van der Waals surface area (Å²) in [5.74, 6) is -0.812. The van der Waals surface area contributed by atoms with Gasteiger partial charge in [0.1, 0.15) is 12.6 Å². The first-order valence-electron chi connectivity index (χ1n) is 12.1. The Labute approximate surface area is 199 Å². The number of piperidine rings is 1. The molecular formula is C27H30N2O5.